The first-order chi connectivity index (χ1) is 6.75. The Labute approximate surface area is 94.4 Å². The molecular formula is C11H13NS2. The van der Waals surface area contributed by atoms with Crippen LogP contribution in [0.3, 0.4) is 0 Å². The molecule has 1 nitrogen and oxygen atoms in total. The number of thioether (sulfide) groups is 1. The van der Waals surface area contributed by atoms with E-state index in [1.165, 1.54) is 5.56 Å². The van der Waals surface area contributed by atoms with Crippen LogP contribution >= 0.6 is 24.0 Å². The molecule has 2 N–H and O–H groups in total. The smallest absolute Gasteiger partial charge is 0.104 e. The van der Waals surface area contributed by atoms with Crippen molar-refractivity contribution in [2.75, 3.05) is 5.75 Å². The minimum Gasteiger partial charge on any atom is -0.389 e. The van der Waals surface area contributed by atoms with Crippen LogP contribution in [0.15, 0.2) is 36.9 Å². The van der Waals surface area contributed by atoms with E-state index >= 15 is 0 Å². The van der Waals surface area contributed by atoms with Crippen molar-refractivity contribution in [1.82, 2.24) is 0 Å². The molecule has 0 aliphatic rings. The Kier molecular flexibility index (Phi) is 4.70. The molecule has 0 aliphatic heterocycles. The third-order valence-electron chi connectivity index (χ3n) is 1.78. The van der Waals surface area contributed by atoms with Gasteiger partial charge in [0, 0.05) is 17.1 Å². The molecule has 0 atom stereocenters. The first-order valence-electron chi connectivity index (χ1n) is 4.32. The van der Waals surface area contributed by atoms with Crippen molar-refractivity contribution in [3.63, 3.8) is 0 Å². The molecule has 0 aliphatic carbocycles. The molecule has 0 heterocycles. The molecular weight excluding hydrogens is 210 g/mol. The zero-order valence-corrected chi connectivity index (χ0v) is 9.53. The van der Waals surface area contributed by atoms with Crippen LogP contribution in [0.2, 0.25) is 0 Å². The Balaban J connectivity index is 2.74. The van der Waals surface area contributed by atoms with Gasteiger partial charge in [-0.05, 0) is 5.56 Å². The molecule has 14 heavy (non-hydrogen) atoms. The summed E-state index contributed by atoms with van der Waals surface area (Å²) in [5.41, 5.74) is 7.81. The zero-order chi connectivity index (χ0) is 10.4. The summed E-state index contributed by atoms with van der Waals surface area (Å²) in [7, 11) is 0. The fourth-order valence-corrected chi connectivity index (χ4v) is 2.09. The van der Waals surface area contributed by atoms with E-state index in [0.717, 1.165) is 17.1 Å². The van der Waals surface area contributed by atoms with E-state index in [1.807, 2.05) is 24.3 Å². The predicted molar refractivity (Wildman–Crippen MR) is 68.7 cm³/mol. The van der Waals surface area contributed by atoms with Gasteiger partial charge in [0.25, 0.3) is 0 Å². The topological polar surface area (TPSA) is 26.0 Å². The molecule has 0 bridgehead atoms. The standard InChI is InChI=1S/C11H13NS2/c1-2-7-14-8-9-5-3-4-6-10(9)11(12)13/h2-6H,1,7-8H2,(H2,12,13). The second-order valence-electron chi connectivity index (χ2n) is 2.83. The second kappa shape index (κ2) is 5.83. The van der Waals surface area contributed by atoms with Crippen LogP contribution in [-0.4, -0.2) is 10.7 Å². The molecule has 0 radical (unpaired) electrons. The van der Waals surface area contributed by atoms with Gasteiger partial charge in [-0.3, -0.25) is 0 Å². The van der Waals surface area contributed by atoms with E-state index in [9.17, 15) is 0 Å². The monoisotopic (exact) mass is 223 g/mol. The molecule has 0 unspecified atom stereocenters. The molecule has 74 valence electrons. The summed E-state index contributed by atoms with van der Waals surface area (Å²) in [5.74, 6) is 1.88. The van der Waals surface area contributed by atoms with Gasteiger partial charge in [-0.25, -0.2) is 0 Å². The summed E-state index contributed by atoms with van der Waals surface area (Å²) in [4.78, 5) is 0.472. The van der Waals surface area contributed by atoms with Gasteiger partial charge in [-0.15, -0.1) is 6.58 Å². The van der Waals surface area contributed by atoms with E-state index in [-0.39, 0.29) is 0 Å². The van der Waals surface area contributed by atoms with Gasteiger partial charge in [0.05, 0.1) is 0 Å². The van der Waals surface area contributed by atoms with E-state index in [4.69, 9.17) is 18.0 Å². The van der Waals surface area contributed by atoms with Crippen molar-refractivity contribution in [1.29, 1.82) is 0 Å². The number of thiocarbonyl (C=S) groups is 1. The molecule has 0 saturated heterocycles. The quantitative estimate of drug-likeness (QED) is 0.472. The molecule has 0 spiro atoms. The summed E-state index contributed by atoms with van der Waals surface area (Å²) in [6.07, 6.45) is 1.90. The van der Waals surface area contributed by atoms with Crippen LogP contribution in [0.1, 0.15) is 11.1 Å². The highest BCUT2D eigenvalue weighted by Gasteiger charge is 2.02. The Morgan fingerprint density at radius 2 is 2.21 bits per heavy atom. The van der Waals surface area contributed by atoms with Crippen molar-refractivity contribution in [3.8, 4) is 0 Å². The maximum Gasteiger partial charge on any atom is 0.104 e. The highest BCUT2D eigenvalue weighted by atomic mass is 32.2. The van der Waals surface area contributed by atoms with Crippen LogP contribution in [0.5, 0.6) is 0 Å². The first-order valence-corrected chi connectivity index (χ1v) is 5.88. The average Bonchev–Trinajstić information content (AvgIpc) is 2.19. The highest BCUT2D eigenvalue weighted by molar-refractivity contribution is 7.98. The minimum absolute atomic E-state index is 0.472. The third-order valence-corrected chi connectivity index (χ3v) is 2.98. The van der Waals surface area contributed by atoms with Crippen LogP contribution < -0.4 is 5.73 Å². The Morgan fingerprint density at radius 3 is 2.86 bits per heavy atom. The SMILES string of the molecule is C=CCSCc1ccccc1C(N)=S. The molecule has 3 heteroatoms. The van der Waals surface area contributed by atoms with E-state index in [2.05, 4.69) is 12.6 Å². The van der Waals surface area contributed by atoms with Crippen molar-refractivity contribution >= 4 is 29.0 Å². The summed E-state index contributed by atoms with van der Waals surface area (Å²) in [5, 5.41) is 0. The van der Waals surface area contributed by atoms with Gasteiger partial charge in [-0.1, -0.05) is 42.6 Å². The normalized spacial score (nSPS) is 9.71. The number of nitrogens with two attached hydrogens (primary N) is 1. The van der Waals surface area contributed by atoms with Crippen molar-refractivity contribution < 1.29 is 0 Å². The van der Waals surface area contributed by atoms with E-state index in [1.54, 1.807) is 11.8 Å². The van der Waals surface area contributed by atoms with Crippen LogP contribution in [-0.2, 0) is 5.75 Å². The summed E-state index contributed by atoms with van der Waals surface area (Å²) >= 11 is 6.78. The molecule has 0 saturated carbocycles. The van der Waals surface area contributed by atoms with Crippen molar-refractivity contribution in [3.05, 3.63) is 48.0 Å². The molecule has 0 aromatic heterocycles. The molecule has 1 rings (SSSR count). The van der Waals surface area contributed by atoms with Gasteiger partial charge in [-0.2, -0.15) is 11.8 Å². The fraction of sp³-hybridized carbons (Fsp3) is 0.182. The van der Waals surface area contributed by atoms with Gasteiger partial charge >= 0.3 is 0 Å². The van der Waals surface area contributed by atoms with Crippen LogP contribution in [0, 0.1) is 0 Å². The lowest BCUT2D eigenvalue weighted by Crippen LogP contribution is -2.11. The lowest BCUT2D eigenvalue weighted by Gasteiger charge is -2.06. The van der Waals surface area contributed by atoms with Crippen molar-refractivity contribution in [2.24, 2.45) is 5.73 Å². The maximum atomic E-state index is 5.62. The summed E-state index contributed by atoms with van der Waals surface area (Å²) < 4.78 is 0. The maximum absolute atomic E-state index is 5.62. The molecule has 1 aromatic rings. The molecule has 0 fully saturated rings. The number of hydrogen-bond acceptors (Lipinski definition) is 2. The first kappa shape index (κ1) is 11.3. The van der Waals surface area contributed by atoms with Gasteiger partial charge in [0.1, 0.15) is 4.99 Å². The lowest BCUT2D eigenvalue weighted by atomic mass is 10.1. The second-order valence-corrected chi connectivity index (χ2v) is 4.30. The summed E-state index contributed by atoms with van der Waals surface area (Å²) in [6, 6.07) is 7.98. The van der Waals surface area contributed by atoms with Crippen LogP contribution in [0.25, 0.3) is 0 Å². The largest absolute Gasteiger partial charge is 0.389 e. The van der Waals surface area contributed by atoms with Gasteiger partial charge in [0.15, 0.2) is 0 Å². The van der Waals surface area contributed by atoms with Gasteiger partial charge in [0.2, 0.25) is 0 Å². The third kappa shape index (κ3) is 3.16. The highest BCUT2D eigenvalue weighted by Crippen LogP contribution is 2.16. The number of benzene rings is 1. The average molecular weight is 223 g/mol. The van der Waals surface area contributed by atoms with Crippen LogP contribution in [0.4, 0.5) is 0 Å². The number of hydrogen-bond donors (Lipinski definition) is 1. The Morgan fingerprint density at radius 1 is 1.50 bits per heavy atom. The fourth-order valence-electron chi connectivity index (χ4n) is 1.14. The zero-order valence-electron chi connectivity index (χ0n) is 7.90. The Bertz CT molecular complexity index is 334. The van der Waals surface area contributed by atoms with E-state index in [0.29, 0.717) is 4.99 Å². The minimum atomic E-state index is 0.472. The van der Waals surface area contributed by atoms with Crippen molar-refractivity contribution in [2.45, 2.75) is 5.75 Å². The number of rotatable bonds is 5. The summed E-state index contributed by atoms with van der Waals surface area (Å²) in [6.45, 7) is 3.68. The van der Waals surface area contributed by atoms with Gasteiger partial charge < -0.3 is 5.73 Å². The molecule has 1 aromatic carbocycles. The van der Waals surface area contributed by atoms with E-state index < -0.39 is 0 Å². The Hall–Kier alpha value is -0.800. The molecule has 0 amide bonds. The predicted octanol–water partition coefficient (Wildman–Crippen LogP) is 2.74. The lowest BCUT2D eigenvalue weighted by molar-refractivity contribution is 1.39.